The third-order valence-corrected chi connectivity index (χ3v) is 5.50. The molecule has 7 nitrogen and oxygen atoms in total. The second-order valence-corrected chi connectivity index (χ2v) is 8.24. The first-order chi connectivity index (χ1) is 15.0. The van der Waals surface area contributed by atoms with Crippen LogP contribution in [0.25, 0.3) is 6.08 Å². The molecule has 2 N–H and O–H groups in total. The summed E-state index contributed by atoms with van der Waals surface area (Å²) in [4.78, 5) is 16.3. The minimum atomic E-state index is -3.77. The van der Waals surface area contributed by atoms with Gasteiger partial charge in [0.25, 0.3) is 10.0 Å². The summed E-state index contributed by atoms with van der Waals surface area (Å²) in [5.41, 5.74) is 1.27. The highest BCUT2D eigenvalue weighted by Gasteiger charge is 2.14. The quantitative estimate of drug-likeness (QED) is 0.486. The Labute approximate surface area is 181 Å². The van der Waals surface area contributed by atoms with Crippen molar-refractivity contribution in [2.45, 2.75) is 18.2 Å². The molecular weight excluding hydrogens is 414 g/mol. The smallest absolute Gasteiger partial charge is 0.263 e. The molecular formula is C23H23N3O4S. The van der Waals surface area contributed by atoms with Gasteiger partial charge in [0.2, 0.25) is 5.91 Å². The first-order valence-corrected chi connectivity index (χ1v) is 11.2. The standard InChI is InChI=1S/C23H23N3O4S/c1-2-17-30-21-8-4-3-7-18(21)10-15-23(27)25-19-11-13-20(14-12-19)31(28,29)26-22-9-5-6-16-24-22/h3-16H,2,17H2,1H3,(H,24,26)(H,25,27)/b15-10+. The van der Waals surface area contributed by atoms with Crippen molar-refractivity contribution in [3.63, 3.8) is 0 Å². The Hall–Kier alpha value is -3.65. The van der Waals surface area contributed by atoms with Crippen LogP contribution in [-0.4, -0.2) is 25.9 Å². The van der Waals surface area contributed by atoms with Gasteiger partial charge in [0.15, 0.2) is 0 Å². The summed E-state index contributed by atoms with van der Waals surface area (Å²) in [7, 11) is -3.77. The molecule has 0 bridgehead atoms. The highest BCUT2D eigenvalue weighted by atomic mass is 32.2. The molecule has 1 amide bonds. The van der Waals surface area contributed by atoms with Gasteiger partial charge in [-0.25, -0.2) is 13.4 Å². The van der Waals surface area contributed by atoms with Crippen molar-refractivity contribution in [2.24, 2.45) is 0 Å². The summed E-state index contributed by atoms with van der Waals surface area (Å²) in [6.07, 6.45) is 5.47. The van der Waals surface area contributed by atoms with Gasteiger partial charge in [-0.3, -0.25) is 9.52 Å². The number of carbonyl (C=O) groups is 1. The van der Waals surface area contributed by atoms with E-state index in [9.17, 15) is 13.2 Å². The minimum absolute atomic E-state index is 0.0636. The van der Waals surface area contributed by atoms with E-state index in [0.717, 1.165) is 12.0 Å². The maximum absolute atomic E-state index is 12.4. The van der Waals surface area contributed by atoms with Gasteiger partial charge in [-0.15, -0.1) is 0 Å². The van der Waals surface area contributed by atoms with Crippen LogP contribution < -0.4 is 14.8 Å². The van der Waals surface area contributed by atoms with E-state index < -0.39 is 10.0 Å². The third-order valence-electron chi connectivity index (χ3n) is 4.13. The second kappa shape index (κ2) is 10.4. The van der Waals surface area contributed by atoms with E-state index >= 15 is 0 Å². The van der Waals surface area contributed by atoms with Gasteiger partial charge in [0.05, 0.1) is 11.5 Å². The monoisotopic (exact) mass is 437 g/mol. The summed E-state index contributed by atoms with van der Waals surface area (Å²) < 4.78 is 33.0. The van der Waals surface area contributed by atoms with Gasteiger partial charge in [-0.05, 0) is 55.0 Å². The topological polar surface area (TPSA) is 97.4 Å². The van der Waals surface area contributed by atoms with E-state index in [2.05, 4.69) is 15.0 Å². The molecule has 31 heavy (non-hydrogen) atoms. The second-order valence-electron chi connectivity index (χ2n) is 6.55. The van der Waals surface area contributed by atoms with E-state index in [4.69, 9.17) is 4.74 Å². The van der Waals surface area contributed by atoms with Crippen LogP contribution in [0, 0.1) is 0 Å². The number of carbonyl (C=O) groups excluding carboxylic acids is 1. The lowest BCUT2D eigenvalue weighted by atomic mass is 10.2. The van der Waals surface area contributed by atoms with Crippen LogP contribution >= 0.6 is 0 Å². The third kappa shape index (κ3) is 6.42. The van der Waals surface area contributed by atoms with Crippen molar-refractivity contribution in [3.8, 4) is 5.75 Å². The summed E-state index contributed by atoms with van der Waals surface area (Å²) in [5.74, 6) is 0.601. The largest absolute Gasteiger partial charge is 0.493 e. The van der Waals surface area contributed by atoms with Gasteiger partial charge >= 0.3 is 0 Å². The van der Waals surface area contributed by atoms with Gasteiger partial charge in [0, 0.05) is 23.5 Å². The molecule has 0 spiro atoms. The number of sulfonamides is 1. The molecule has 0 aliphatic heterocycles. The number of para-hydroxylation sites is 1. The summed E-state index contributed by atoms with van der Waals surface area (Å²) >= 11 is 0. The number of pyridine rings is 1. The minimum Gasteiger partial charge on any atom is -0.493 e. The first kappa shape index (κ1) is 22.0. The fourth-order valence-corrected chi connectivity index (χ4v) is 3.66. The Kier molecular flexibility index (Phi) is 7.40. The number of amides is 1. The average Bonchev–Trinajstić information content (AvgIpc) is 2.77. The van der Waals surface area contributed by atoms with Crippen molar-refractivity contribution < 1.29 is 17.9 Å². The van der Waals surface area contributed by atoms with Gasteiger partial charge in [-0.1, -0.05) is 31.2 Å². The van der Waals surface area contributed by atoms with E-state index in [-0.39, 0.29) is 16.6 Å². The Morgan fingerprint density at radius 1 is 1.03 bits per heavy atom. The lowest BCUT2D eigenvalue weighted by molar-refractivity contribution is -0.111. The highest BCUT2D eigenvalue weighted by molar-refractivity contribution is 7.92. The van der Waals surface area contributed by atoms with E-state index in [1.807, 2.05) is 31.2 Å². The van der Waals surface area contributed by atoms with Gasteiger partial charge in [-0.2, -0.15) is 0 Å². The van der Waals surface area contributed by atoms with Crippen molar-refractivity contribution in [2.75, 3.05) is 16.6 Å². The molecule has 3 aromatic rings. The number of rotatable bonds is 9. The molecule has 1 heterocycles. The Morgan fingerprint density at radius 3 is 2.48 bits per heavy atom. The van der Waals surface area contributed by atoms with Crippen molar-refractivity contribution in [1.29, 1.82) is 0 Å². The predicted molar refractivity (Wildman–Crippen MR) is 121 cm³/mol. The molecule has 0 fully saturated rings. The zero-order valence-electron chi connectivity index (χ0n) is 17.0. The molecule has 8 heteroatoms. The lowest BCUT2D eigenvalue weighted by Gasteiger charge is -2.09. The number of benzene rings is 2. The number of hydrogen-bond acceptors (Lipinski definition) is 5. The fourth-order valence-electron chi connectivity index (χ4n) is 2.65. The summed E-state index contributed by atoms with van der Waals surface area (Å²) in [6.45, 7) is 2.62. The number of aromatic nitrogens is 1. The van der Waals surface area contributed by atoms with Crippen LogP contribution in [0.1, 0.15) is 18.9 Å². The van der Waals surface area contributed by atoms with Crippen molar-refractivity contribution in [3.05, 3.63) is 84.6 Å². The summed E-state index contributed by atoms with van der Waals surface area (Å²) in [5, 5.41) is 2.71. The fraction of sp³-hybridized carbons (Fsp3) is 0.130. The van der Waals surface area contributed by atoms with Crippen molar-refractivity contribution in [1.82, 2.24) is 4.98 Å². The van der Waals surface area contributed by atoms with Gasteiger partial charge in [0.1, 0.15) is 11.6 Å². The molecule has 160 valence electrons. The number of nitrogens with one attached hydrogen (secondary N) is 2. The predicted octanol–water partition coefficient (Wildman–Crippen LogP) is 4.32. The van der Waals surface area contributed by atoms with E-state index in [1.54, 1.807) is 24.3 Å². The van der Waals surface area contributed by atoms with Gasteiger partial charge < -0.3 is 10.1 Å². The van der Waals surface area contributed by atoms with Crippen LogP contribution in [0.15, 0.2) is 83.9 Å². The molecule has 0 saturated heterocycles. The zero-order valence-corrected chi connectivity index (χ0v) is 17.8. The SMILES string of the molecule is CCCOc1ccccc1/C=C/C(=O)Nc1ccc(S(=O)(=O)Nc2ccccn2)cc1. The zero-order chi connectivity index (χ0) is 22.1. The molecule has 2 aromatic carbocycles. The van der Waals surface area contributed by atoms with Crippen LogP contribution in [0.3, 0.4) is 0 Å². The van der Waals surface area contributed by atoms with Crippen LogP contribution in [-0.2, 0) is 14.8 Å². The number of nitrogens with zero attached hydrogens (tertiary/aromatic N) is 1. The molecule has 3 rings (SSSR count). The van der Waals surface area contributed by atoms with Crippen molar-refractivity contribution >= 4 is 33.5 Å². The number of hydrogen-bond donors (Lipinski definition) is 2. The molecule has 1 aromatic heterocycles. The first-order valence-electron chi connectivity index (χ1n) is 9.73. The molecule has 0 aliphatic carbocycles. The molecule has 0 radical (unpaired) electrons. The van der Waals surface area contributed by atoms with E-state index in [0.29, 0.717) is 18.0 Å². The molecule has 0 unspecified atom stereocenters. The Morgan fingerprint density at radius 2 is 1.77 bits per heavy atom. The number of anilines is 2. The van der Waals surface area contributed by atoms with Crippen LogP contribution in [0.2, 0.25) is 0 Å². The maximum Gasteiger partial charge on any atom is 0.263 e. The Bertz CT molecular complexity index is 1140. The highest BCUT2D eigenvalue weighted by Crippen LogP contribution is 2.20. The Balaban J connectivity index is 1.63. The summed E-state index contributed by atoms with van der Waals surface area (Å²) in [6, 6.07) is 18.3. The van der Waals surface area contributed by atoms with E-state index in [1.165, 1.54) is 36.5 Å². The normalized spacial score (nSPS) is 11.3. The van der Waals surface area contributed by atoms with Crippen LogP contribution in [0.4, 0.5) is 11.5 Å². The average molecular weight is 438 g/mol. The number of ether oxygens (including phenoxy) is 1. The van der Waals surface area contributed by atoms with Crippen LogP contribution in [0.5, 0.6) is 5.75 Å². The molecule has 0 aliphatic rings. The lowest BCUT2D eigenvalue weighted by Crippen LogP contribution is -2.14. The maximum atomic E-state index is 12.4. The molecule has 0 atom stereocenters. The molecule has 0 saturated carbocycles.